The lowest BCUT2D eigenvalue weighted by atomic mass is 10.1. The number of tetrazole rings is 1. The molecule has 3 rings (SSSR count). The number of nitrogens with zero attached hydrogens (tertiary/aromatic N) is 4. The fourth-order valence-corrected chi connectivity index (χ4v) is 2.88. The highest BCUT2D eigenvalue weighted by Gasteiger charge is 2.13. The second-order valence-electron chi connectivity index (χ2n) is 6.14. The molecule has 1 aromatic heterocycles. The molecule has 0 atom stereocenters. The molecule has 0 spiro atoms. The lowest BCUT2D eigenvalue weighted by Gasteiger charge is -2.15. The van der Waals surface area contributed by atoms with Crippen LogP contribution in [0.2, 0.25) is 5.02 Å². The summed E-state index contributed by atoms with van der Waals surface area (Å²) in [6, 6.07) is 11.7. The number of hydrogen-bond donors (Lipinski definition) is 1. The van der Waals surface area contributed by atoms with Crippen LogP contribution in [0.15, 0.2) is 49.1 Å². The minimum atomic E-state index is 0.435. The molecule has 2 aromatic carbocycles. The van der Waals surface area contributed by atoms with Crippen LogP contribution in [0.25, 0.3) is 0 Å². The lowest BCUT2D eigenvalue weighted by molar-refractivity contribution is 0.284. The van der Waals surface area contributed by atoms with Gasteiger partial charge < -0.3 is 14.8 Å². The standard InChI is InChI=1S/C20H22ClN5O2/c1-4-9-26-20(23-24-25-26)22-12-16-10-18(27-3)19(11-17(16)21)28-13-15-8-6-5-7-14(15)2/h4-8,10-11H,1,9,12-13H2,2-3H3,(H,22,23,25). The van der Waals surface area contributed by atoms with Gasteiger partial charge in [0, 0.05) is 17.6 Å². The summed E-state index contributed by atoms with van der Waals surface area (Å²) in [7, 11) is 1.60. The van der Waals surface area contributed by atoms with Crippen molar-refractivity contribution < 1.29 is 9.47 Å². The molecule has 146 valence electrons. The number of hydrogen-bond acceptors (Lipinski definition) is 6. The summed E-state index contributed by atoms with van der Waals surface area (Å²) in [5.41, 5.74) is 3.13. The maximum atomic E-state index is 6.46. The van der Waals surface area contributed by atoms with Gasteiger partial charge in [-0.3, -0.25) is 0 Å². The van der Waals surface area contributed by atoms with Gasteiger partial charge in [0.15, 0.2) is 11.5 Å². The molecule has 0 radical (unpaired) electrons. The molecule has 28 heavy (non-hydrogen) atoms. The molecule has 1 heterocycles. The van der Waals surface area contributed by atoms with Crippen molar-refractivity contribution >= 4 is 17.5 Å². The van der Waals surface area contributed by atoms with Gasteiger partial charge in [0.25, 0.3) is 0 Å². The van der Waals surface area contributed by atoms with E-state index in [-0.39, 0.29) is 0 Å². The Balaban J connectivity index is 1.73. The predicted molar refractivity (Wildman–Crippen MR) is 109 cm³/mol. The summed E-state index contributed by atoms with van der Waals surface area (Å²) in [5.74, 6) is 1.74. The zero-order valence-corrected chi connectivity index (χ0v) is 16.6. The number of rotatable bonds is 9. The third-order valence-electron chi connectivity index (χ3n) is 4.25. The second-order valence-corrected chi connectivity index (χ2v) is 6.54. The first kappa shape index (κ1) is 19.7. The molecule has 0 aliphatic carbocycles. The Hall–Kier alpha value is -3.06. The summed E-state index contributed by atoms with van der Waals surface area (Å²) < 4.78 is 13.1. The Morgan fingerprint density at radius 1 is 1.21 bits per heavy atom. The molecule has 0 aliphatic heterocycles. The van der Waals surface area contributed by atoms with Crippen LogP contribution in [0.5, 0.6) is 11.5 Å². The fraction of sp³-hybridized carbons (Fsp3) is 0.250. The number of aryl methyl sites for hydroxylation is 1. The van der Waals surface area contributed by atoms with Crippen molar-refractivity contribution in [2.45, 2.75) is 26.6 Å². The van der Waals surface area contributed by atoms with E-state index in [1.54, 1.807) is 23.9 Å². The molecule has 7 nitrogen and oxygen atoms in total. The first-order valence-electron chi connectivity index (χ1n) is 8.77. The first-order valence-corrected chi connectivity index (χ1v) is 9.14. The van der Waals surface area contributed by atoms with Gasteiger partial charge in [0.1, 0.15) is 6.61 Å². The number of allylic oxidation sites excluding steroid dienone is 1. The minimum absolute atomic E-state index is 0.435. The van der Waals surface area contributed by atoms with Crippen molar-refractivity contribution in [1.29, 1.82) is 0 Å². The molecule has 0 bridgehead atoms. The highest BCUT2D eigenvalue weighted by Crippen LogP contribution is 2.34. The number of benzene rings is 2. The Morgan fingerprint density at radius 3 is 2.79 bits per heavy atom. The van der Waals surface area contributed by atoms with E-state index in [1.165, 1.54) is 5.56 Å². The average Bonchev–Trinajstić information content (AvgIpc) is 3.14. The Bertz CT molecular complexity index is 958. The Labute approximate surface area is 168 Å². The van der Waals surface area contributed by atoms with E-state index in [0.717, 1.165) is 11.1 Å². The number of nitrogens with one attached hydrogen (secondary N) is 1. The molecule has 0 saturated carbocycles. The van der Waals surface area contributed by atoms with E-state index in [0.29, 0.717) is 42.2 Å². The molecule has 0 unspecified atom stereocenters. The van der Waals surface area contributed by atoms with Crippen molar-refractivity contribution in [1.82, 2.24) is 20.2 Å². The van der Waals surface area contributed by atoms with E-state index in [9.17, 15) is 0 Å². The Morgan fingerprint density at radius 2 is 2.04 bits per heavy atom. The zero-order chi connectivity index (χ0) is 19.9. The van der Waals surface area contributed by atoms with Crippen LogP contribution in [0, 0.1) is 6.92 Å². The molecular weight excluding hydrogens is 378 g/mol. The molecule has 0 aliphatic rings. The lowest BCUT2D eigenvalue weighted by Crippen LogP contribution is -2.09. The van der Waals surface area contributed by atoms with Crippen LogP contribution in [-0.4, -0.2) is 27.3 Å². The number of methoxy groups -OCH3 is 1. The third kappa shape index (κ3) is 4.61. The van der Waals surface area contributed by atoms with Crippen LogP contribution in [0.4, 0.5) is 5.95 Å². The van der Waals surface area contributed by atoms with Crippen LogP contribution in [-0.2, 0) is 19.7 Å². The smallest absolute Gasteiger partial charge is 0.243 e. The van der Waals surface area contributed by atoms with E-state index in [4.69, 9.17) is 21.1 Å². The normalized spacial score (nSPS) is 10.5. The minimum Gasteiger partial charge on any atom is -0.493 e. The molecule has 1 N–H and O–H groups in total. The van der Waals surface area contributed by atoms with Gasteiger partial charge in [-0.15, -0.1) is 6.58 Å². The van der Waals surface area contributed by atoms with Gasteiger partial charge in [-0.25, -0.2) is 4.68 Å². The molecule has 3 aromatic rings. The van der Waals surface area contributed by atoms with E-state index < -0.39 is 0 Å². The third-order valence-corrected chi connectivity index (χ3v) is 4.60. The largest absolute Gasteiger partial charge is 0.493 e. The quantitative estimate of drug-likeness (QED) is 0.548. The highest BCUT2D eigenvalue weighted by molar-refractivity contribution is 6.31. The van der Waals surface area contributed by atoms with Gasteiger partial charge in [-0.1, -0.05) is 47.0 Å². The number of anilines is 1. The SMILES string of the molecule is C=CCn1nnnc1NCc1cc(OC)c(OCc2ccccc2C)cc1Cl. The molecular formula is C20H22ClN5O2. The van der Waals surface area contributed by atoms with Gasteiger partial charge >= 0.3 is 0 Å². The van der Waals surface area contributed by atoms with E-state index in [2.05, 4.69) is 40.4 Å². The summed E-state index contributed by atoms with van der Waals surface area (Å²) in [6.07, 6.45) is 1.72. The van der Waals surface area contributed by atoms with Crippen LogP contribution >= 0.6 is 11.6 Å². The first-order chi connectivity index (χ1) is 13.6. The van der Waals surface area contributed by atoms with Crippen LogP contribution in [0.1, 0.15) is 16.7 Å². The van der Waals surface area contributed by atoms with Gasteiger partial charge in [0.05, 0.1) is 13.7 Å². The summed E-state index contributed by atoms with van der Waals surface area (Å²) >= 11 is 6.46. The van der Waals surface area contributed by atoms with Gasteiger partial charge in [-0.2, -0.15) is 0 Å². The highest BCUT2D eigenvalue weighted by atomic mass is 35.5. The monoisotopic (exact) mass is 399 g/mol. The summed E-state index contributed by atoms with van der Waals surface area (Å²) in [5, 5.41) is 15.2. The molecule has 0 saturated heterocycles. The number of aromatic nitrogens is 4. The van der Waals surface area contributed by atoms with Crippen LogP contribution < -0.4 is 14.8 Å². The van der Waals surface area contributed by atoms with Gasteiger partial charge in [-0.05, 0) is 40.1 Å². The second kappa shape index (κ2) is 9.23. The predicted octanol–water partition coefficient (Wildman–Crippen LogP) is 4.02. The zero-order valence-electron chi connectivity index (χ0n) is 15.9. The van der Waals surface area contributed by atoms with E-state index in [1.807, 2.05) is 24.3 Å². The maximum absolute atomic E-state index is 6.46. The van der Waals surface area contributed by atoms with Crippen molar-refractivity contribution in [3.63, 3.8) is 0 Å². The summed E-state index contributed by atoms with van der Waals surface area (Å²) in [4.78, 5) is 0. The van der Waals surface area contributed by atoms with Crippen molar-refractivity contribution in [3.8, 4) is 11.5 Å². The maximum Gasteiger partial charge on any atom is 0.243 e. The molecule has 0 fully saturated rings. The topological polar surface area (TPSA) is 74.1 Å². The van der Waals surface area contributed by atoms with E-state index >= 15 is 0 Å². The molecule has 0 amide bonds. The van der Waals surface area contributed by atoms with Crippen molar-refractivity contribution in [2.75, 3.05) is 12.4 Å². The van der Waals surface area contributed by atoms with Crippen molar-refractivity contribution in [3.05, 3.63) is 70.8 Å². The van der Waals surface area contributed by atoms with Gasteiger partial charge in [0.2, 0.25) is 5.95 Å². The average molecular weight is 400 g/mol. The van der Waals surface area contributed by atoms with Crippen LogP contribution in [0.3, 0.4) is 0 Å². The number of ether oxygens (including phenoxy) is 2. The molecule has 8 heteroatoms. The number of halogens is 1. The summed E-state index contributed by atoms with van der Waals surface area (Å²) in [6.45, 7) is 7.13. The van der Waals surface area contributed by atoms with Crippen molar-refractivity contribution in [2.24, 2.45) is 0 Å². The Kier molecular flexibility index (Phi) is 6.49. The fourth-order valence-electron chi connectivity index (χ4n) is 2.66.